The zero-order valence-corrected chi connectivity index (χ0v) is 13.3. The Bertz CT molecular complexity index is 568. The first-order valence-electron chi connectivity index (χ1n) is 7.15. The SMILES string of the molecule is CCCC[C@H](CNSC)Nc1nc(N)nc2cccnc12. The van der Waals surface area contributed by atoms with Crippen LogP contribution >= 0.6 is 11.9 Å². The molecular formula is C14H22N6S. The van der Waals surface area contributed by atoms with Gasteiger partial charge >= 0.3 is 0 Å². The predicted molar refractivity (Wildman–Crippen MR) is 90.2 cm³/mol. The highest BCUT2D eigenvalue weighted by molar-refractivity contribution is 7.96. The largest absolute Gasteiger partial charge is 0.368 e. The van der Waals surface area contributed by atoms with Crippen LogP contribution in [0.1, 0.15) is 26.2 Å². The van der Waals surface area contributed by atoms with Gasteiger partial charge in [-0.1, -0.05) is 31.7 Å². The van der Waals surface area contributed by atoms with E-state index in [0.717, 1.165) is 24.0 Å². The lowest BCUT2D eigenvalue weighted by Gasteiger charge is -2.19. The number of anilines is 2. The summed E-state index contributed by atoms with van der Waals surface area (Å²) in [5.41, 5.74) is 7.32. The molecule has 0 radical (unpaired) electrons. The van der Waals surface area contributed by atoms with Gasteiger partial charge in [-0.25, -0.2) is 4.98 Å². The molecule has 0 amide bonds. The minimum Gasteiger partial charge on any atom is -0.368 e. The van der Waals surface area contributed by atoms with Crippen LogP contribution in [0.3, 0.4) is 0 Å². The highest BCUT2D eigenvalue weighted by atomic mass is 32.2. The number of rotatable bonds is 8. The van der Waals surface area contributed by atoms with Crippen molar-refractivity contribution < 1.29 is 0 Å². The first-order chi connectivity index (χ1) is 10.2. The van der Waals surface area contributed by atoms with E-state index in [9.17, 15) is 0 Å². The Morgan fingerprint density at radius 1 is 1.38 bits per heavy atom. The molecular weight excluding hydrogens is 284 g/mol. The lowest BCUT2D eigenvalue weighted by molar-refractivity contribution is 0.601. The minimum atomic E-state index is 0.269. The van der Waals surface area contributed by atoms with Crippen molar-refractivity contribution >= 4 is 34.7 Å². The molecule has 0 saturated carbocycles. The fraction of sp³-hybridized carbons (Fsp3) is 0.500. The average Bonchev–Trinajstić information content (AvgIpc) is 2.49. The monoisotopic (exact) mass is 306 g/mol. The van der Waals surface area contributed by atoms with Crippen LogP contribution in [0, 0.1) is 0 Å². The van der Waals surface area contributed by atoms with Crippen LogP contribution in [0.5, 0.6) is 0 Å². The number of aromatic nitrogens is 3. The number of nitrogens with zero attached hydrogens (tertiary/aromatic N) is 3. The number of nitrogens with one attached hydrogen (secondary N) is 2. The van der Waals surface area contributed by atoms with Gasteiger partial charge in [-0.3, -0.25) is 9.71 Å². The van der Waals surface area contributed by atoms with E-state index in [4.69, 9.17) is 5.73 Å². The summed E-state index contributed by atoms with van der Waals surface area (Å²) in [6, 6.07) is 4.03. The normalized spacial score (nSPS) is 12.5. The molecule has 0 saturated heterocycles. The zero-order chi connectivity index (χ0) is 15.1. The molecule has 0 spiro atoms. The molecule has 0 fully saturated rings. The number of pyridine rings is 1. The molecule has 21 heavy (non-hydrogen) atoms. The maximum absolute atomic E-state index is 5.79. The van der Waals surface area contributed by atoms with Crippen molar-refractivity contribution in [1.82, 2.24) is 19.7 Å². The van der Waals surface area contributed by atoms with Crippen LogP contribution in [0.4, 0.5) is 11.8 Å². The van der Waals surface area contributed by atoms with Gasteiger partial charge in [-0.15, -0.1) is 0 Å². The van der Waals surface area contributed by atoms with Crippen molar-refractivity contribution in [3.63, 3.8) is 0 Å². The average molecular weight is 306 g/mol. The van der Waals surface area contributed by atoms with E-state index < -0.39 is 0 Å². The van der Waals surface area contributed by atoms with Gasteiger partial charge in [0.1, 0.15) is 5.52 Å². The van der Waals surface area contributed by atoms with E-state index >= 15 is 0 Å². The van der Waals surface area contributed by atoms with E-state index in [1.165, 1.54) is 12.8 Å². The summed E-state index contributed by atoms with van der Waals surface area (Å²) >= 11 is 1.62. The minimum absolute atomic E-state index is 0.269. The van der Waals surface area contributed by atoms with Crippen LogP contribution in [-0.2, 0) is 0 Å². The quantitative estimate of drug-likeness (QED) is 0.645. The Balaban J connectivity index is 2.22. The van der Waals surface area contributed by atoms with E-state index in [2.05, 4.69) is 31.9 Å². The maximum Gasteiger partial charge on any atom is 0.222 e. The molecule has 0 unspecified atom stereocenters. The molecule has 2 aromatic rings. The third-order valence-electron chi connectivity index (χ3n) is 3.19. The molecule has 2 rings (SSSR count). The predicted octanol–water partition coefficient (Wildman–Crippen LogP) is 2.45. The van der Waals surface area contributed by atoms with Gasteiger partial charge in [-0.2, -0.15) is 4.98 Å². The third kappa shape index (κ3) is 4.44. The molecule has 0 aliphatic heterocycles. The van der Waals surface area contributed by atoms with Crippen molar-refractivity contribution in [3.05, 3.63) is 18.3 Å². The van der Waals surface area contributed by atoms with Gasteiger partial charge in [0.25, 0.3) is 0 Å². The Hall–Kier alpha value is -1.60. The summed E-state index contributed by atoms with van der Waals surface area (Å²) in [6.45, 7) is 3.05. The standard InChI is InChI=1S/C14H22N6S/c1-3-4-6-10(9-17-21-2)18-13-12-11(7-5-8-16-12)19-14(15)20-13/h5,7-8,10,17H,3-4,6,9H2,1-2H3,(H3,15,18,19,20)/t10-/m1/s1. The van der Waals surface area contributed by atoms with Gasteiger partial charge in [0.15, 0.2) is 5.82 Å². The summed E-state index contributed by atoms with van der Waals surface area (Å²) in [4.78, 5) is 12.9. The Morgan fingerprint density at radius 3 is 3.00 bits per heavy atom. The summed E-state index contributed by atoms with van der Waals surface area (Å²) < 4.78 is 3.30. The molecule has 4 N–H and O–H groups in total. The second kappa shape index (κ2) is 7.99. The molecule has 1 atom stereocenters. The molecule has 0 aliphatic rings. The number of nitrogen functional groups attached to an aromatic ring is 1. The lowest BCUT2D eigenvalue weighted by Crippen LogP contribution is -2.30. The van der Waals surface area contributed by atoms with Crippen LogP contribution in [-0.4, -0.2) is 33.8 Å². The summed E-state index contributed by atoms with van der Waals surface area (Å²) in [6.07, 6.45) is 7.18. The Morgan fingerprint density at radius 2 is 2.24 bits per heavy atom. The topological polar surface area (TPSA) is 88.8 Å². The van der Waals surface area contributed by atoms with Crippen LogP contribution < -0.4 is 15.8 Å². The highest BCUT2D eigenvalue weighted by Gasteiger charge is 2.13. The molecule has 7 heteroatoms. The number of nitrogens with two attached hydrogens (primary N) is 1. The molecule has 6 nitrogen and oxygen atoms in total. The van der Waals surface area contributed by atoms with Crippen molar-refractivity contribution in [3.8, 4) is 0 Å². The summed E-state index contributed by atoms with van der Waals surface area (Å²) in [7, 11) is 0. The third-order valence-corrected chi connectivity index (χ3v) is 3.65. The first-order valence-corrected chi connectivity index (χ1v) is 8.37. The van der Waals surface area contributed by atoms with E-state index in [1.54, 1.807) is 18.1 Å². The van der Waals surface area contributed by atoms with Gasteiger partial charge in [-0.05, 0) is 24.8 Å². The van der Waals surface area contributed by atoms with Crippen molar-refractivity contribution in [1.29, 1.82) is 0 Å². The van der Waals surface area contributed by atoms with Crippen LogP contribution in [0.2, 0.25) is 0 Å². The number of hydrogen-bond donors (Lipinski definition) is 3. The molecule has 0 bridgehead atoms. The molecule has 2 heterocycles. The van der Waals surface area contributed by atoms with Gasteiger partial charge in [0.05, 0.1) is 5.52 Å². The first kappa shape index (κ1) is 15.8. The van der Waals surface area contributed by atoms with Gasteiger partial charge in [0.2, 0.25) is 5.95 Å². The fourth-order valence-electron chi connectivity index (χ4n) is 2.14. The summed E-state index contributed by atoms with van der Waals surface area (Å²) in [5.74, 6) is 0.979. The van der Waals surface area contributed by atoms with Crippen molar-refractivity contribution in [2.75, 3.05) is 23.9 Å². The molecule has 0 aliphatic carbocycles. The molecule has 114 valence electrons. The van der Waals surface area contributed by atoms with Crippen molar-refractivity contribution in [2.24, 2.45) is 0 Å². The van der Waals surface area contributed by atoms with E-state index in [1.807, 2.05) is 18.4 Å². The van der Waals surface area contributed by atoms with Crippen LogP contribution in [0.25, 0.3) is 11.0 Å². The smallest absolute Gasteiger partial charge is 0.222 e. The molecule has 2 aromatic heterocycles. The van der Waals surface area contributed by atoms with E-state index in [-0.39, 0.29) is 12.0 Å². The number of unbranched alkanes of at least 4 members (excludes halogenated alkanes) is 1. The Labute approximate surface area is 129 Å². The van der Waals surface area contributed by atoms with E-state index in [0.29, 0.717) is 5.82 Å². The highest BCUT2D eigenvalue weighted by Crippen LogP contribution is 2.20. The van der Waals surface area contributed by atoms with Crippen LogP contribution in [0.15, 0.2) is 18.3 Å². The zero-order valence-electron chi connectivity index (χ0n) is 12.5. The van der Waals surface area contributed by atoms with Gasteiger partial charge < -0.3 is 11.1 Å². The Kier molecular flexibility index (Phi) is 6.01. The maximum atomic E-state index is 5.79. The molecule has 0 aromatic carbocycles. The fourth-order valence-corrected chi connectivity index (χ4v) is 2.51. The second-order valence-corrected chi connectivity index (χ2v) is 5.53. The lowest BCUT2D eigenvalue weighted by atomic mass is 10.1. The summed E-state index contributed by atoms with van der Waals surface area (Å²) in [5, 5.41) is 3.46. The van der Waals surface area contributed by atoms with Gasteiger partial charge in [0, 0.05) is 18.8 Å². The second-order valence-electron chi connectivity index (χ2n) is 4.84. The van der Waals surface area contributed by atoms with Crippen molar-refractivity contribution in [2.45, 2.75) is 32.2 Å². The number of fused-ring (bicyclic) bond motifs is 1. The number of hydrogen-bond acceptors (Lipinski definition) is 7.